The second kappa shape index (κ2) is 5.73. The first kappa shape index (κ1) is 13.9. The largest absolute Gasteiger partial charge is 0.301 e. The van der Waals surface area contributed by atoms with Gasteiger partial charge in [-0.3, -0.25) is 4.79 Å². The standard InChI is InChI=1S/C15H16N4OS/c1-10(2)21-15-17-13-12(14(20)18-15)8-16-19(13)9-11-6-4-3-5-7-11/h3-8,10H,9H2,1-2H3,(H,17,18,20). The van der Waals surface area contributed by atoms with Crippen molar-refractivity contribution in [2.75, 3.05) is 0 Å². The van der Waals surface area contributed by atoms with E-state index in [1.54, 1.807) is 10.9 Å². The minimum Gasteiger partial charge on any atom is -0.301 e. The van der Waals surface area contributed by atoms with Crippen molar-refractivity contribution in [3.05, 3.63) is 52.4 Å². The molecule has 0 aliphatic heterocycles. The zero-order chi connectivity index (χ0) is 14.8. The van der Waals surface area contributed by atoms with Crippen LogP contribution < -0.4 is 5.56 Å². The van der Waals surface area contributed by atoms with Crippen LogP contribution in [0.3, 0.4) is 0 Å². The molecule has 108 valence electrons. The first-order valence-corrected chi connectivity index (χ1v) is 7.68. The Morgan fingerprint density at radius 1 is 1.29 bits per heavy atom. The molecule has 2 heterocycles. The van der Waals surface area contributed by atoms with Gasteiger partial charge in [0.1, 0.15) is 5.39 Å². The van der Waals surface area contributed by atoms with E-state index < -0.39 is 0 Å². The van der Waals surface area contributed by atoms with Crippen molar-refractivity contribution >= 4 is 22.8 Å². The van der Waals surface area contributed by atoms with Crippen LogP contribution in [0.1, 0.15) is 19.4 Å². The predicted molar refractivity (Wildman–Crippen MR) is 84.7 cm³/mol. The molecule has 0 spiro atoms. The Hall–Kier alpha value is -2.08. The lowest BCUT2D eigenvalue weighted by Crippen LogP contribution is -2.11. The average molecular weight is 300 g/mol. The van der Waals surface area contributed by atoms with Gasteiger partial charge in [0.2, 0.25) is 0 Å². The Morgan fingerprint density at radius 3 is 2.76 bits per heavy atom. The first-order chi connectivity index (χ1) is 10.1. The van der Waals surface area contributed by atoms with Gasteiger partial charge in [-0.1, -0.05) is 55.9 Å². The average Bonchev–Trinajstić information content (AvgIpc) is 2.83. The summed E-state index contributed by atoms with van der Waals surface area (Å²) >= 11 is 1.54. The van der Waals surface area contributed by atoms with Crippen molar-refractivity contribution in [3.63, 3.8) is 0 Å². The molecule has 3 aromatic rings. The summed E-state index contributed by atoms with van der Waals surface area (Å²) in [5, 5.41) is 5.82. The zero-order valence-electron chi connectivity index (χ0n) is 11.9. The molecule has 1 aromatic carbocycles. The fraction of sp³-hybridized carbons (Fsp3) is 0.267. The zero-order valence-corrected chi connectivity index (χ0v) is 12.7. The number of thioether (sulfide) groups is 1. The van der Waals surface area contributed by atoms with Crippen LogP contribution in [0.4, 0.5) is 0 Å². The highest BCUT2D eigenvalue weighted by molar-refractivity contribution is 7.99. The molecule has 0 fully saturated rings. The lowest BCUT2D eigenvalue weighted by Gasteiger charge is -2.06. The molecule has 0 unspecified atom stereocenters. The third-order valence-corrected chi connectivity index (χ3v) is 3.89. The molecule has 0 aliphatic carbocycles. The van der Waals surface area contributed by atoms with Crippen molar-refractivity contribution in [3.8, 4) is 0 Å². The second-order valence-electron chi connectivity index (χ2n) is 5.06. The van der Waals surface area contributed by atoms with Gasteiger partial charge in [-0.05, 0) is 5.56 Å². The van der Waals surface area contributed by atoms with Crippen molar-refractivity contribution in [1.29, 1.82) is 0 Å². The van der Waals surface area contributed by atoms with E-state index in [9.17, 15) is 4.79 Å². The fourth-order valence-corrected chi connectivity index (χ4v) is 2.83. The molecule has 0 bridgehead atoms. The molecule has 3 rings (SSSR count). The Balaban J connectivity index is 2.03. The lowest BCUT2D eigenvalue weighted by atomic mass is 10.2. The molecule has 0 radical (unpaired) electrons. The molecule has 0 atom stereocenters. The summed E-state index contributed by atoms with van der Waals surface area (Å²) in [4.78, 5) is 19.4. The van der Waals surface area contributed by atoms with Gasteiger partial charge in [0.15, 0.2) is 10.8 Å². The molecule has 21 heavy (non-hydrogen) atoms. The Labute approximate surface area is 126 Å². The van der Waals surface area contributed by atoms with E-state index in [1.807, 2.05) is 30.3 Å². The number of H-pyrrole nitrogens is 1. The molecule has 0 saturated carbocycles. The number of hydrogen-bond donors (Lipinski definition) is 1. The van der Waals surface area contributed by atoms with Crippen molar-refractivity contribution in [1.82, 2.24) is 19.7 Å². The van der Waals surface area contributed by atoms with E-state index in [-0.39, 0.29) is 5.56 Å². The number of aromatic amines is 1. The third kappa shape index (κ3) is 3.00. The number of hydrogen-bond acceptors (Lipinski definition) is 4. The Kier molecular flexibility index (Phi) is 3.79. The number of nitrogens with one attached hydrogen (secondary N) is 1. The monoisotopic (exact) mass is 300 g/mol. The molecule has 0 amide bonds. The summed E-state index contributed by atoms with van der Waals surface area (Å²) in [5.41, 5.74) is 1.62. The van der Waals surface area contributed by atoms with Gasteiger partial charge in [-0.2, -0.15) is 5.10 Å². The third-order valence-electron chi connectivity index (χ3n) is 3.01. The maximum absolute atomic E-state index is 12.1. The normalized spacial score (nSPS) is 11.4. The van der Waals surface area contributed by atoms with Gasteiger partial charge in [0.05, 0.1) is 12.7 Å². The number of fused-ring (bicyclic) bond motifs is 1. The highest BCUT2D eigenvalue weighted by atomic mass is 32.2. The van der Waals surface area contributed by atoms with Gasteiger partial charge >= 0.3 is 0 Å². The summed E-state index contributed by atoms with van der Waals surface area (Å²) in [6.07, 6.45) is 1.58. The molecule has 0 saturated heterocycles. The number of benzene rings is 1. The lowest BCUT2D eigenvalue weighted by molar-refractivity contribution is 0.699. The Bertz CT molecular complexity index is 807. The van der Waals surface area contributed by atoms with Crippen molar-refractivity contribution in [2.24, 2.45) is 0 Å². The summed E-state index contributed by atoms with van der Waals surface area (Å²) in [5.74, 6) is 0. The predicted octanol–water partition coefficient (Wildman–Crippen LogP) is 2.67. The minimum atomic E-state index is -0.137. The first-order valence-electron chi connectivity index (χ1n) is 6.80. The topological polar surface area (TPSA) is 63.6 Å². The summed E-state index contributed by atoms with van der Waals surface area (Å²) in [7, 11) is 0. The van der Waals surface area contributed by atoms with Gasteiger partial charge in [-0.25, -0.2) is 9.67 Å². The SMILES string of the molecule is CC(C)Sc1nc2c(cnn2Cc2ccccc2)c(=O)[nH]1. The highest BCUT2D eigenvalue weighted by Crippen LogP contribution is 2.19. The van der Waals surface area contributed by atoms with E-state index in [2.05, 4.69) is 28.9 Å². The van der Waals surface area contributed by atoms with Gasteiger partial charge < -0.3 is 4.98 Å². The molecular weight excluding hydrogens is 284 g/mol. The van der Waals surface area contributed by atoms with Gasteiger partial charge in [0, 0.05) is 5.25 Å². The molecule has 1 N–H and O–H groups in total. The molecule has 2 aromatic heterocycles. The maximum atomic E-state index is 12.1. The van der Waals surface area contributed by atoms with E-state index >= 15 is 0 Å². The molecular formula is C15H16N4OS. The van der Waals surface area contributed by atoms with Crippen LogP contribution in [0.25, 0.3) is 11.0 Å². The van der Waals surface area contributed by atoms with Crippen LogP contribution in [0.2, 0.25) is 0 Å². The van der Waals surface area contributed by atoms with E-state index in [0.29, 0.717) is 28.0 Å². The van der Waals surface area contributed by atoms with Crippen molar-refractivity contribution < 1.29 is 0 Å². The summed E-state index contributed by atoms with van der Waals surface area (Å²) in [6.45, 7) is 4.73. The second-order valence-corrected chi connectivity index (χ2v) is 6.63. The molecule has 5 nitrogen and oxygen atoms in total. The number of nitrogens with zero attached hydrogens (tertiary/aromatic N) is 3. The van der Waals surface area contributed by atoms with Crippen LogP contribution in [0.15, 0.2) is 46.5 Å². The van der Waals surface area contributed by atoms with Crippen LogP contribution in [-0.2, 0) is 6.54 Å². The van der Waals surface area contributed by atoms with Gasteiger partial charge in [-0.15, -0.1) is 0 Å². The fourth-order valence-electron chi connectivity index (χ4n) is 2.10. The number of aromatic nitrogens is 4. The number of rotatable bonds is 4. The smallest absolute Gasteiger partial charge is 0.262 e. The maximum Gasteiger partial charge on any atom is 0.262 e. The summed E-state index contributed by atoms with van der Waals surface area (Å²) < 4.78 is 1.77. The molecule has 0 aliphatic rings. The van der Waals surface area contributed by atoms with Crippen LogP contribution in [-0.4, -0.2) is 25.0 Å². The Morgan fingerprint density at radius 2 is 2.05 bits per heavy atom. The quantitative estimate of drug-likeness (QED) is 0.594. The van der Waals surface area contributed by atoms with Crippen molar-refractivity contribution in [2.45, 2.75) is 30.8 Å². The van der Waals surface area contributed by atoms with Crippen LogP contribution >= 0.6 is 11.8 Å². The summed E-state index contributed by atoms with van der Waals surface area (Å²) in [6, 6.07) is 10.0. The van der Waals surface area contributed by atoms with E-state index in [4.69, 9.17) is 0 Å². The van der Waals surface area contributed by atoms with Crippen LogP contribution in [0.5, 0.6) is 0 Å². The van der Waals surface area contributed by atoms with E-state index in [1.165, 1.54) is 11.8 Å². The molecule has 6 heteroatoms. The highest BCUT2D eigenvalue weighted by Gasteiger charge is 2.11. The minimum absolute atomic E-state index is 0.137. The van der Waals surface area contributed by atoms with Gasteiger partial charge in [0.25, 0.3) is 5.56 Å². The van der Waals surface area contributed by atoms with E-state index in [0.717, 1.165) is 5.56 Å². The van der Waals surface area contributed by atoms with Crippen LogP contribution in [0, 0.1) is 0 Å².